The largest absolute Gasteiger partial charge is 0.313 e. The molecule has 0 radical (unpaired) electrons. The Kier molecular flexibility index (Phi) is 4.39. The SMILES string of the molecule is CNC(c1cccc(C)c1F)C1CCC(C)CC1. The number of benzene rings is 1. The molecule has 1 saturated carbocycles. The van der Waals surface area contributed by atoms with Crippen molar-refractivity contribution in [2.24, 2.45) is 11.8 Å². The first-order chi connectivity index (χ1) is 8.63. The highest BCUT2D eigenvalue weighted by molar-refractivity contribution is 5.28. The van der Waals surface area contributed by atoms with Crippen LogP contribution in [0.1, 0.15) is 49.8 Å². The molecule has 2 rings (SSSR count). The van der Waals surface area contributed by atoms with Gasteiger partial charge in [-0.2, -0.15) is 0 Å². The van der Waals surface area contributed by atoms with E-state index in [1.54, 1.807) is 0 Å². The molecule has 1 aromatic carbocycles. The molecule has 0 heterocycles. The molecule has 1 fully saturated rings. The second kappa shape index (κ2) is 5.83. The van der Waals surface area contributed by atoms with E-state index >= 15 is 0 Å². The van der Waals surface area contributed by atoms with Crippen molar-refractivity contribution in [3.8, 4) is 0 Å². The Bertz CT molecular complexity index is 394. The topological polar surface area (TPSA) is 12.0 Å². The smallest absolute Gasteiger partial charge is 0.130 e. The van der Waals surface area contributed by atoms with Crippen LogP contribution in [-0.2, 0) is 0 Å². The number of hydrogen-bond acceptors (Lipinski definition) is 1. The molecule has 2 heteroatoms. The van der Waals surface area contributed by atoms with Crippen LogP contribution in [0, 0.1) is 24.6 Å². The van der Waals surface area contributed by atoms with Crippen LogP contribution in [-0.4, -0.2) is 7.05 Å². The standard InChI is InChI=1S/C16H24FN/c1-11-7-9-13(10-8-11)16(18-3)14-6-4-5-12(2)15(14)17/h4-6,11,13,16,18H,7-10H2,1-3H3. The zero-order chi connectivity index (χ0) is 13.1. The molecular weight excluding hydrogens is 225 g/mol. The van der Waals surface area contributed by atoms with Gasteiger partial charge in [0.2, 0.25) is 0 Å². The second-order valence-corrected chi connectivity index (χ2v) is 5.76. The van der Waals surface area contributed by atoms with Crippen molar-refractivity contribution in [2.75, 3.05) is 7.05 Å². The fraction of sp³-hybridized carbons (Fsp3) is 0.625. The van der Waals surface area contributed by atoms with Crippen molar-refractivity contribution in [3.05, 3.63) is 35.1 Å². The number of rotatable bonds is 3. The predicted octanol–water partition coefficient (Wildman–Crippen LogP) is 4.22. The predicted molar refractivity (Wildman–Crippen MR) is 74.1 cm³/mol. The van der Waals surface area contributed by atoms with Crippen molar-refractivity contribution in [2.45, 2.75) is 45.6 Å². The van der Waals surface area contributed by atoms with Gasteiger partial charge in [-0.15, -0.1) is 0 Å². The van der Waals surface area contributed by atoms with Crippen LogP contribution in [0.25, 0.3) is 0 Å². The van der Waals surface area contributed by atoms with Crippen molar-refractivity contribution < 1.29 is 4.39 Å². The normalized spacial score (nSPS) is 26.0. The fourth-order valence-electron chi connectivity index (χ4n) is 3.17. The van der Waals surface area contributed by atoms with E-state index in [0.717, 1.165) is 17.0 Å². The molecule has 1 aromatic rings. The van der Waals surface area contributed by atoms with E-state index in [1.165, 1.54) is 25.7 Å². The zero-order valence-electron chi connectivity index (χ0n) is 11.7. The molecule has 1 N–H and O–H groups in total. The van der Waals surface area contributed by atoms with E-state index in [1.807, 2.05) is 32.2 Å². The molecule has 1 nitrogen and oxygen atoms in total. The van der Waals surface area contributed by atoms with Crippen LogP contribution in [0.3, 0.4) is 0 Å². The molecule has 1 aliphatic rings. The van der Waals surface area contributed by atoms with Crippen LogP contribution in [0.5, 0.6) is 0 Å². The molecule has 0 aromatic heterocycles. The van der Waals surface area contributed by atoms with Crippen molar-refractivity contribution in [3.63, 3.8) is 0 Å². The van der Waals surface area contributed by atoms with E-state index < -0.39 is 0 Å². The average molecular weight is 249 g/mol. The summed E-state index contributed by atoms with van der Waals surface area (Å²) in [6.45, 7) is 4.16. The third-order valence-corrected chi connectivity index (χ3v) is 4.40. The molecular formula is C16H24FN. The lowest BCUT2D eigenvalue weighted by Gasteiger charge is -2.33. The molecule has 1 unspecified atom stereocenters. The van der Waals surface area contributed by atoms with Crippen molar-refractivity contribution >= 4 is 0 Å². The minimum Gasteiger partial charge on any atom is -0.313 e. The molecule has 1 aliphatic carbocycles. The lowest BCUT2D eigenvalue weighted by atomic mass is 9.77. The maximum Gasteiger partial charge on any atom is 0.130 e. The maximum absolute atomic E-state index is 14.2. The summed E-state index contributed by atoms with van der Waals surface area (Å²) in [5.41, 5.74) is 1.59. The highest BCUT2D eigenvalue weighted by Gasteiger charge is 2.28. The molecule has 0 spiro atoms. The van der Waals surface area contributed by atoms with Gasteiger partial charge in [0.05, 0.1) is 0 Å². The Morgan fingerprint density at radius 1 is 1.22 bits per heavy atom. The fourth-order valence-corrected chi connectivity index (χ4v) is 3.17. The van der Waals surface area contributed by atoms with E-state index in [0.29, 0.717) is 5.92 Å². The first-order valence-electron chi connectivity index (χ1n) is 7.05. The van der Waals surface area contributed by atoms with E-state index in [4.69, 9.17) is 0 Å². The van der Waals surface area contributed by atoms with Crippen LogP contribution >= 0.6 is 0 Å². The Balaban J connectivity index is 2.20. The van der Waals surface area contributed by atoms with Crippen LogP contribution in [0.4, 0.5) is 4.39 Å². The summed E-state index contributed by atoms with van der Waals surface area (Å²) in [6.07, 6.45) is 4.96. The molecule has 0 aliphatic heterocycles. The van der Waals surface area contributed by atoms with E-state index in [2.05, 4.69) is 12.2 Å². The van der Waals surface area contributed by atoms with Gasteiger partial charge in [-0.25, -0.2) is 4.39 Å². The summed E-state index contributed by atoms with van der Waals surface area (Å²) in [5, 5.41) is 3.33. The number of aryl methyl sites for hydroxylation is 1. The van der Waals surface area contributed by atoms with Crippen molar-refractivity contribution in [1.29, 1.82) is 0 Å². The quantitative estimate of drug-likeness (QED) is 0.845. The van der Waals surface area contributed by atoms with Gasteiger partial charge >= 0.3 is 0 Å². The molecule has 100 valence electrons. The maximum atomic E-state index is 14.2. The molecule has 0 saturated heterocycles. The highest BCUT2D eigenvalue weighted by atomic mass is 19.1. The first-order valence-corrected chi connectivity index (χ1v) is 7.05. The third kappa shape index (κ3) is 2.74. The number of hydrogen-bond donors (Lipinski definition) is 1. The Morgan fingerprint density at radius 3 is 2.50 bits per heavy atom. The van der Waals surface area contributed by atoms with E-state index in [9.17, 15) is 4.39 Å². The van der Waals surface area contributed by atoms with Crippen LogP contribution in [0.2, 0.25) is 0 Å². The van der Waals surface area contributed by atoms with Gasteiger partial charge in [-0.1, -0.05) is 38.0 Å². The third-order valence-electron chi connectivity index (χ3n) is 4.40. The van der Waals surface area contributed by atoms with Gasteiger partial charge in [0, 0.05) is 11.6 Å². The molecule has 1 atom stereocenters. The summed E-state index contributed by atoms with van der Waals surface area (Å²) in [6, 6.07) is 5.90. The van der Waals surface area contributed by atoms with Gasteiger partial charge in [-0.3, -0.25) is 0 Å². The second-order valence-electron chi connectivity index (χ2n) is 5.76. The van der Waals surface area contributed by atoms with Crippen LogP contribution < -0.4 is 5.32 Å². The minimum atomic E-state index is -0.0320. The minimum absolute atomic E-state index is 0.0320. The average Bonchev–Trinajstić information content (AvgIpc) is 2.37. The summed E-state index contributed by atoms with van der Waals surface area (Å²) < 4.78 is 14.2. The summed E-state index contributed by atoms with van der Waals surface area (Å²) in [7, 11) is 1.95. The van der Waals surface area contributed by atoms with Gasteiger partial charge in [0.1, 0.15) is 5.82 Å². The Hall–Kier alpha value is -0.890. The molecule has 0 amide bonds. The van der Waals surface area contributed by atoms with Crippen molar-refractivity contribution in [1.82, 2.24) is 5.32 Å². The molecule has 0 bridgehead atoms. The van der Waals surface area contributed by atoms with E-state index in [-0.39, 0.29) is 11.9 Å². The summed E-state index contributed by atoms with van der Waals surface area (Å²) >= 11 is 0. The number of nitrogens with one attached hydrogen (secondary N) is 1. The zero-order valence-corrected chi connectivity index (χ0v) is 11.7. The molecule has 18 heavy (non-hydrogen) atoms. The monoisotopic (exact) mass is 249 g/mol. The number of halogens is 1. The Morgan fingerprint density at radius 2 is 1.89 bits per heavy atom. The lowest BCUT2D eigenvalue weighted by molar-refractivity contribution is 0.235. The summed E-state index contributed by atoms with van der Waals surface area (Å²) in [5.74, 6) is 1.37. The lowest BCUT2D eigenvalue weighted by Crippen LogP contribution is -2.29. The first kappa shape index (κ1) is 13.5. The highest BCUT2D eigenvalue weighted by Crippen LogP contribution is 2.37. The summed E-state index contributed by atoms with van der Waals surface area (Å²) in [4.78, 5) is 0. The van der Waals surface area contributed by atoms with Gasteiger partial charge in [-0.05, 0) is 44.2 Å². The van der Waals surface area contributed by atoms with Crippen LogP contribution in [0.15, 0.2) is 18.2 Å². The van der Waals surface area contributed by atoms with Gasteiger partial charge in [0.15, 0.2) is 0 Å². The van der Waals surface area contributed by atoms with Gasteiger partial charge in [0.25, 0.3) is 0 Å². The van der Waals surface area contributed by atoms with Gasteiger partial charge < -0.3 is 5.32 Å². The Labute approximate surface area is 110 Å².